The molecule has 0 spiro atoms. The molecule has 7 rings (SSSR count). The van der Waals surface area contributed by atoms with Crippen molar-refractivity contribution in [3.63, 3.8) is 0 Å². The van der Waals surface area contributed by atoms with Crippen molar-refractivity contribution in [3.8, 4) is 11.5 Å². The quantitative estimate of drug-likeness (QED) is 0.0319. The highest BCUT2D eigenvalue weighted by Crippen LogP contribution is 2.48. The van der Waals surface area contributed by atoms with Gasteiger partial charge in [-0.2, -0.15) is 0 Å². The van der Waals surface area contributed by atoms with Gasteiger partial charge in [-0.3, -0.25) is 24.5 Å². The Morgan fingerprint density at radius 2 is 1.83 bits per heavy atom. The van der Waals surface area contributed by atoms with Gasteiger partial charge in [-0.25, -0.2) is 14.7 Å². The number of carbonyl (C=O) groups excluding carboxylic acids is 3. The molecule has 3 amide bonds. The molecule has 5 aliphatic rings. The van der Waals surface area contributed by atoms with Crippen molar-refractivity contribution in [1.29, 1.82) is 0 Å². The van der Waals surface area contributed by atoms with Gasteiger partial charge in [-0.15, -0.1) is 23.1 Å². The van der Waals surface area contributed by atoms with Gasteiger partial charge < -0.3 is 45.8 Å². The topological polar surface area (TPSA) is 268 Å². The van der Waals surface area contributed by atoms with Gasteiger partial charge in [0.25, 0.3) is 17.7 Å². The van der Waals surface area contributed by atoms with Crippen molar-refractivity contribution in [2.45, 2.75) is 69.2 Å². The SMILES string of the molecule is CCO/N=C(\C(=O)NCC12CC[N+](CC3=C(COO)N4C(=O)[C@@H](NC(=O)/C(=N\OC(C)(C)C(=O)O)c5csc(N)n5)[C@H]4S[C@H]3C)(CC1)CC2)c1cc(O)c(O)c(Cl)c1. The van der Waals surface area contributed by atoms with Crippen molar-refractivity contribution >= 4 is 74.9 Å². The standard InChI is InChI=1S/C36H45ClN8O11S2/c1-5-54-42-25(19-12-21(37)28(47)24(46)13-19)29(48)39-17-36-6-9-45(10-7-36,11-8-36)14-20-18(2)58-32-27(31(50)44(32)23(20)15-55-53)41-30(49)26(22-16-57-34(38)40-22)43-56-35(3,4)33(51)52/h12-13,16,18,27,32H,5-11,14-15,17H2,1-4H3,(H7-,38,39,40,41,46,47,48,49,51,52,53)/p+1/b42-25-,43-26-/t18-,27+,32+,36?,45?/m0/s1. The van der Waals surface area contributed by atoms with E-state index in [0.717, 1.165) is 60.3 Å². The molecule has 0 aliphatic carbocycles. The number of hydrogen-bond acceptors (Lipinski definition) is 16. The van der Waals surface area contributed by atoms with E-state index in [-0.39, 0.29) is 56.7 Å². The number of β-lactam (4-membered cyclic amide) rings is 1. The number of halogens is 1. The smallest absolute Gasteiger partial charge is 0.350 e. The zero-order valence-electron chi connectivity index (χ0n) is 32.2. The lowest BCUT2D eigenvalue weighted by molar-refractivity contribution is -0.941. The first kappa shape index (κ1) is 42.9. The van der Waals surface area contributed by atoms with Gasteiger partial charge >= 0.3 is 5.97 Å². The van der Waals surface area contributed by atoms with Gasteiger partial charge in [-0.1, -0.05) is 21.9 Å². The second kappa shape index (κ2) is 16.9. The Hall–Kier alpha value is -4.67. The van der Waals surface area contributed by atoms with Crippen molar-refractivity contribution in [1.82, 2.24) is 20.5 Å². The molecule has 2 bridgehead atoms. The number of oxime groups is 2. The largest absolute Gasteiger partial charge is 0.504 e. The molecule has 3 atom stereocenters. The highest BCUT2D eigenvalue weighted by atomic mass is 35.5. The molecule has 19 nitrogen and oxygen atoms in total. The number of quaternary nitrogens is 1. The lowest BCUT2D eigenvalue weighted by Gasteiger charge is -2.57. The fourth-order valence-corrected chi connectivity index (χ4v) is 9.83. The van der Waals surface area contributed by atoms with Crippen molar-refractivity contribution in [2.24, 2.45) is 15.7 Å². The maximum atomic E-state index is 13.8. The summed E-state index contributed by atoms with van der Waals surface area (Å²) in [5, 5.41) is 53.5. The van der Waals surface area contributed by atoms with Crippen LogP contribution in [0, 0.1) is 5.41 Å². The number of nitrogens with one attached hydrogen (secondary N) is 2. The molecule has 1 aromatic heterocycles. The Bertz CT molecular complexity index is 2030. The minimum Gasteiger partial charge on any atom is -0.504 e. The van der Waals surface area contributed by atoms with Crippen molar-refractivity contribution < 1.29 is 58.8 Å². The van der Waals surface area contributed by atoms with E-state index in [1.54, 1.807) is 6.92 Å². The highest BCUT2D eigenvalue weighted by Gasteiger charge is 2.56. The number of anilines is 1. The number of amides is 3. The average molecular weight is 866 g/mol. The van der Waals surface area contributed by atoms with Gasteiger partial charge in [0.05, 0.1) is 30.4 Å². The summed E-state index contributed by atoms with van der Waals surface area (Å²) in [6, 6.07) is 1.54. The van der Waals surface area contributed by atoms with E-state index in [1.165, 1.54) is 48.0 Å². The number of nitrogen functional groups attached to an aromatic ring is 1. The van der Waals surface area contributed by atoms with Crippen LogP contribution in [0.3, 0.4) is 0 Å². The van der Waals surface area contributed by atoms with Crippen LogP contribution in [-0.4, -0.2) is 138 Å². The number of carbonyl (C=O) groups is 4. The Morgan fingerprint density at radius 3 is 2.41 bits per heavy atom. The monoisotopic (exact) mass is 865 g/mol. The van der Waals surface area contributed by atoms with Gasteiger partial charge in [0.2, 0.25) is 5.60 Å². The number of carboxylic acid groups (broad SMARTS) is 1. The van der Waals surface area contributed by atoms with E-state index in [0.29, 0.717) is 18.8 Å². The van der Waals surface area contributed by atoms with Crippen LogP contribution in [0.4, 0.5) is 5.13 Å². The van der Waals surface area contributed by atoms with E-state index in [9.17, 15) is 39.8 Å². The molecular weight excluding hydrogens is 820 g/mol. The van der Waals surface area contributed by atoms with Crippen LogP contribution in [0.25, 0.3) is 0 Å². The molecule has 22 heteroatoms. The first-order valence-electron chi connectivity index (χ1n) is 18.5. The van der Waals surface area contributed by atoms with E-state index in [2.05, 4.69) is 30.8 Å². The summed E-state index contributed by atoms with van der Waals surface area (Å²) in [5.74, 6) is -4.05. The fraction of sp³-hybridized carbons (Fsp3) is 0.528. The van der Waals surface area contributed by atoms with E-state index >= 15 is 0 Å². The summed E-state index contributed by atoms with van der Waals surface area (Å²) < 4.78 is 0.753. The van der Waals surface area contributed by atoms with Gasteiger partial charge in [0, 0.05) is 53.0 Å². The zero-order valence-corrected chi connectivity index (χ0v) is 34.6. The second-order valence-corrected chi connectivity index (χ2v) is 18.0. The number of nitrogens with zero attached hydrogens (tertiary/aromatic N) is 5. The summed E-state index contributed by atoms with van der Waals surface area (Å²) in [7, 11) is 0. The third-order valence-corrected chi connectivity index (χ3v) is 13.6. The van der Waals surface area contributed by atoms with E-state index in [1.807, 2.05) is 6.92 Å². The lowest BCUT2D eigenvalue weighted by atomic mass is 9.70. The van der Waals surface area contributed by atoms with Gasteiger partial charge in [0.15, 0.2) is 28.1 Å². The van der Waals surface area contributed by atoms with E-state index < -0.39 is 52.2 Å². The Balaban J connectivity index is 1.12. The number of fused-ring (bicyclic) bond motifs is 4. The number of phenolic OH excluding ortho intramolecular Hbond substituents is 2. The molecule has 8 N–H and O–H groups in total. The molecule has 1 aromatic carbocycles. The molecule has 2 aromatic rings. The molecule has 0 saturated carbocycles. The number of thioether (sulfide) groups is 1. The van der Waals surface area contributed by atoms with Crippen molar-refractivity contribution in [2.75, 3.05) is 51.7 Å². The molecule has 58 heavy (non-hydrogen) atoms. The summed E-state index contributed by atoms with van der Waals surface area (Å²) >= 11 is 8.59. The van der Waals surface area contributed by atoms with Crippen LogP contribution in [-0.2, 0) is 33.7 Å². The number of rotatable bonds is 16. The predicted octanol–water partition coefficient (Wildman–Crippen LogP) is 2.46. The maximum Gasteiger partial charge on any atom is 0.350 e. The normalized spacial score (nSPS) is 25.9. The number of hydrogen-bond donors (Lipinski definition) is 7. The lowest BCUT2D eigenvalue weighted by Crippen LogP contribution is -2.72. The Morgan fingerprint density at radius 1 is 1.14 bits per heavy atom. The second-order valence-electron chi connectivity index (χ2n) is 15.3. The molecule has 5 aliphatic heterocycles. The van der Waals surface area contributed by atoms with Crippen LogP contribution < -0.4 is 16.4 Å². The van der Waals surface area contributed by atoms with Gasteiger partial charge in [-0.05, 0) is 39.8 Å². The molecular formula is C36H46ClN8O11S2+. The number of aromatic hydroxyl groups is 2. The van der Waals surface area contributed by atoms with Gasteiger partial charge in [0.1, 0.15) is 36.9 Å². The van der Waals surface area contributed by atoms with Crippen molar-refractivity contribution in [3.05, 3.63) is 45.1 Å². The number of aromatic nitrogens is 1. The average Bonchev–Trinajstić information content (AvgIpc) is 3.62. The minimum absolute atomic E-state index is 0.0511. The minimum atomic E-state index is -1.77. The molecule has 0 unspecified atom stereocenters. The number of piperidine rings is 3. The third kappa shape index (κ3) is 8.55. The number of aliphatic carboxylic acids is 1. The molecule has 4 fully saturated rings. The number of benzene rings is 1. The highest BCUT2D eigenvalue weighted by molar-refractivity contribution is 8.00. The fourth-order valence-electron chi connectivity index (χ4n) is 7.58. The van der Waals surface area contributed by atoms with E-state index in [4.69, 9.17) is 27.0 Å². The Labute approximate surface area is 346 Å². The van der Waals surface area contributed by atoms with Crippen LogP contribution >= 0.6 is 34.7 Å². The summed E-state index contributed by atoms with van der Waals surface area (Å²) in [5.41, 5.74) is 5.14. The van der Waals surface area contributed by atoms with Crippen LogP contribution in [0.5, 0.6) is 11.5 Å². The number of nitrogens with two attached hydrogens (primary N) is 1. The van der Waals surface area contributed by atoms with Crippen LogP contribution in [0.2, 0.25) is 5.02 Å². The first-order chi connectivity index (χ1) is 27.4. The summed E-state index contributed by atoms with van der Waals surface area (Å²) in [6.07, 6.45) is 2.46. The molecule has 0 radical (unpaired) electrons. The predicted molar refractivity (Wildman–Crippen MR) is 213 cm³/mol. The third-order valence-electron chi connectivity index (χ3n) is 11.2. The molecule has 6 heterocycles. The number of carboxylic acids is 1. The number of phenols is 2. The summed E-state index contributed by atoms with van der Waals surface area (Å²) in [4.78, 5) is 73.1. The Kier molecular flexibility index (Phi) is 12.5. The summed E-state index contributed by atoms with van der Waals surface area (Å²) in [6.45, 7) is 9.65. The number of thiazole rings is 1. The van der Waals surface area contributed by atoms with Crippen LogP contribution in [0.15, 0.2) is 39.1 Å². The first-order valence-corrected chi connectivity index (χ1v) is 20.7. The maximum absolute atomic E-state index is 13.8. The van der Waals surface area contributed by atoms with Crippen LogP contribution in [0.1, 0.15) is 58.2 Å². The molecule has 4 saturated heterocycles. The zero-order chi connectivity index (χ0) is 42.2. The molecule has 314 valence electrons.